The zero-order valence-electron chi connectivity index (χ0n) is 15.0. The molecule has 6 heteroatoms. The number of rotatable bonds is 4. The fourth-order valence-corrected chi connectivity index (χ4v) is 2.93. The van der Waals surface area contributed by atoms with Crippen LogP contribution in [-0.2, 0) is 11.2 Å². The predicted molar refractivity (Wildman–Crippen MR) is 97.0 cm³/mol. The summed E-state index contributed by atoms with van der Waals surface area (Å²) in [5.74, 6) is 0.506. The quantitative estimate of drug-likeness (QED) is 0.664. The van der Waals surface area contributed by atoms with Gasteiger partial charge in [0, 0.05) is 17.5 Å². The molecule has 0 unspecified atom stereocenters. The first kappa shape index (κ1) is 17.9. The van der Waals surface area contributed by atoms with E-state index in [2.05, 4.69) is 10.5 Å². The number of carbonyl (C=O) groups is 1. The molecule has 136 valence electrons. The van der Waals surface area contributed by atoms with Crippen LogP contribution in [0.2, 0.25) is 0 Å². The molecule has 0 saturated heterocycles. The van der Waals surface area contributed by atoms with Gasteiger partial charge in [-0.15, -0.1) is 0 Å². The molecule has 1 aliphatic rings. The van der Waals surface area contributed by atoms with E-state index >= 15 is 0 Å². The maximum absolute atomic E-state index is 13.3. The summed E-state index contributed by atoms with van der Waals surface area (Å²) in [5, 5.41) is 4.20. The fourth-order valence-electron chi connectivity index (χ4n) is 2.93. The number of carbonyl (C=O) groups excluding carboxylic acids is 1. The van der Waals surface area contributed by atoms with E-state index in [9.17, 15) is 9.18 Å². The van der Waals surface area contributed by atoms with Gasteiger partial charge in [0.15, 0.2) is 0 Å². The maximum atomic E-state index is 13.3. The molecule has 0 radical (unpaired) electrons. The fraction of sp³-hybridized carbons (Fsp3) is 0.300. The molecule has 0 aliphatic carbocycles. The van der Waals surface area contributed by atoms with Gasteiger partial charge in [0.25, 0.3) is 0 Å². The van der Waals surface area contributed by atoms with Gasteiger partial charge in [-0.25, -0.2) is 14.6 Å². The van der Waals surface area contributed by atoms with E-state index in [1.165, 1.54) is 12.1 Å². The minimum absolute atomic E-state index is 0.249. The largest absolute Gasteiger partial charge is 0.487 e. The van der Waals surface area contributed by atoms with Gasteiger partial charge < -0.3 is 9.47 Å². The number of hydrazone groups is 1. The molecule has 0 spiro atoms. The van der Waals surface area contributed by atoms with Gasteiger partial charge in [-0.1, -0.05) is 0 Å². The Morgan fingerprint density at radius 2 is 1.92 bits per heavy atom. The molecular formula is C20H21FN2O3. The molecule has 0 atom stereocenters. The summed E-state index contributed by atoms with van der Waals surface area (Å²) < 4.78 is 24.0. The highest BCUT2D eigenvalue weighted by molar-refractivity contribution is 6.13. The number of halogens is 1. The molecule has 0 fully saturated rings. The van der Waals surface area contributed by atoms with Crippen molar-refractivity contribution >= 4 is 11.8 Å². The summed E-state index contributed by atoms with van der Waals surface area (Å²) in [7, 11) is 0. The van der Waals surface area contributed by atoms with Crippen LogP contribution >= 0.6 is 0 Å². The van der Waals surface area contributed by atoms with Crippen LogP contribution in [0.25, 0.3) is 0 Å². The van der Waals surface area contributed by atoms with E-state index in [1.807, 2.05) is 32.0 Å². The topological polar surface area (TPSA) is 59.9 Å². The van der Waals surface area contributed by atoms with Gasteiger partial charge in [-0.3, -0.25) is 0 Å². The van der Waals surface area contributed by atoms with Crippen molar-refractivity contribution in [2.45, 2.75) is 32.8 Å². The molecule has 1 heterocycles. The average molecular weight is 356 g/mol. The van der Waals surface area contributed by atoms with E-state index in [4.69, 9.17) is 9.47 Å². The lowest BCUT2D eigenvalue weighted by Crippen LogP contribution is -2.24. The van der Waals surface area contributed by atoms with Gasteiger partial charge in [0.1, 0.15) is 17.2 Å². The molecule has 5 nitrogen and oxygen atoms in total. The summed E-state index contributed by atoms with van der Waals surface area (Å²) in [6.07, 6.45) is 0.135. The standard InChI is InChI=1S/C20H21FN2O3/c1-4-25-19(24)23-22-18(13-5-8-16(21)9-6-13)14-7-10-17-15(11-14)12-20(2,3)26-17/h5-11H,4,12H2,1-3H3,(H,23,24). The van der Waals surface area contributed by atoms with Crippen molar-refractivity contribution in [1.82, 2.24) is 5.43 Å². The Kier molecular flexibility index (Phi) is 4.93. The smallest absolute Gasteiger partial charge is 0.427 e. The second-order valence-corrected chi connectivity index (χ2v) is 6.66. The van der Waals surface area contributed by atoms with E-state index in [1.54, 1.807) is 19.1 Å². The highest BCUT2D eigenvalue weighted by Crippen LogP contribution is 2.35. The Morgan fingerprint density at radius 1 is 1.23 bits per heavy atom. The Morgan fingerprint density at radius 3 is 2.62 bits per heavy atom. The number of benzene rings is 2. The molecule has 3 rings (SSSR count). The lowest BCUT2D eigenvalue weighted by atomic mass is 9.96. The Labute approximate surface area is 151 Å². The maximum Gasteiger partial charge on any atom is 0.427 e. The number of ether oxygens (including phenoxy) is 2. The van der Waals surface area contributed by atoms with Crippen LogP contribution in [0.15, 0.2) is 47.6 Å². The number of amides is 1. The third-order valence-electron chi connectivity index (χ3n) is 3.99. The van der Waals surface area contributed by atoms with E-state index in [0.717, 1.165) is 23.3 Å². The van der Waals surface area contributed by atoms with E-state index in [0.29, 0.717) is 11.3 Å². The second kappa shape index (κ2) is 7.15. The van der Waals surface area contributed by atoms with Crippen LogP contribution in [0.1, 0.15) is 37.5 Å². The number of hydrogen-bond donors (Lipinski definition) is 1. The lowest BCUT2D eigenvalue weighted by Gasteiger charge is -2.16. The molecular weight excluding hydrogens is 335 g/mol. The SMILES string of the molecule is CCOC(=O)NN=C(c1ccc(F)cc1)c1ccc2c(c1)CC(C)(C)O2. The van der Waals surface area contributed by atoms with Gasteiger partial charge in [0.2, 0.25) is 0 Å². The summed E-state index contributed by atoms with van der Waals surface area (Å²) in [5.41, 5.74) is 5.20. The summed E-state index contributed by atoms with van der Waals surface area (Å²) in [6, 6.07) is 11.7. The molecule has 26 heavy (non-hydrogen) atoms. The summed E-state index contributed by atoms with van der Waals surface area (Å²) in [4.78, 5) is 11.6. The minimum Gasteiger partial charge on any atom is -0.487 e. The van der Waals surface area contributed by atoms with Crippen LogP contribution in [0.4, 0.5) is 9.18 Å². The second-order valence-electron chi connectivity index (χ2n) is 6.66. The summed E-state index contributed by atoms with van der Waals surface area (Å²) >= 11 is 0. The normalized spacial score (nSPS) is 15.2. The van der Waals surface area contributed by atoms with Gasteiger partial charge in [-0.05, 0) is 68.8 Å². The first-order valence-corrected chi connectivity index (χ1v) is 8.46. The van der Waals surface area contributed by atoms with Gasteiger partial charge in [0.05, 0.1) is 12.3 Å². The van der Waals surface area contributed by atoms with Crippen LogP contribution < -0.4 is 10.2 Å². The van der Waals surface area contributed by atoms with Gasteiger partial charge >= 0.3 is 6.09 Å². The molecule has 1 amide bonds. The Hall–Kier alpha value is -2.89. The van der Waals surface area contributed by atoms with Crippen LogP contribution in [0, 0.1) is 5.82 Å². The van der Waals surface area contributed by atoms with Crippen molar-refractivity contribution in [3.63, 3.8) is 0 Å². The first-order valence-electron chi connectivity index (χ1n) is 8.46. The third kappa shape index (κ3) is 4.02. The predicted octanol–water partition coefficient (Wildman–Crippen LogP) is 4.04. The molecule has 2 aromatic rings. The minimum atomic E-state index is -0.641. The monoisotopic (exact) mass is 356 g/mol. The number of nitrogens with zero attached hydrogens (tertiary/aromatic N) is 1. The highest BCUT2D eigenvalue weighted by atomic mass is 19.1. The molecule has 0 bridgehead atoms. The first-order chi connectivity index (χ1) is 12.4. The summed E-state index contributed by atoms with van der Waals surface area (Å²) in [6.45, 7) is 6.03. The Balaban J connectivity index is 1.97. The van der Waals surface area contributed by atoms with Crippen molar-refractivity contribution in [3.05, 3.63) is 65.0 Å². The molecule has 1 N–H and O–H groups in total. The zero-order valence-corrected chi connectivity index (χ0v) is 15.0. The zero-order chi connectivity index (χ0) is 18.7. The molecule has 0 aromatic heterocycles. The van der Waals surface area contributed by atoms with Crippen molar-refractivity contribution in [1.29, 1.82) is 0 Å². The van der Waals surface area contributed by atoms with Crippen molar-refractivity contribution in [2.75, 3.05) is 6.61 Å². The number of hydrogen-bond acceptors (Lipinski definition) is 4. The molecule has 1 aliphatic heterocycles. The lowest BCUT2D eigenvalue weighted by molar-refractivity contribution is 0.138. The van der Waals surface area contributed by atoms with Crippen LogP contribution in [-0.4, -0.2) is 24.0 Å². The van der Waals surface area contributed by atoms with Crippen molar-refractivity contribution < 1.29 is 18.7 Å². The third-order valence-corrected chi connectivity index (χ3v) is 3.99. The van der Waals surface area contributed by atoms with E-state index in [-0.39, 0.29) is 18.0 Å². The molecule has 0 saturated carbocycles. The van der Waals surface area contributed by atoms with Crippen molar-refractivity contribution in [2.24, 2.45) is 5.10 Å². The van der Waals surface area contributed by atoms with Crippen LogP contribution in [0.3, 0.4) is 0 Å². The highest BCUT2D eigenvalue weighted by Gasteiger charge is 2.30. The van der Waals surface area contributed by atoms with Crippen LogP contribution in [0.5, 0.6) is 5.75 Å². The number of nitrogens with one attached hydrogen (secondary N) is 1. The molecule has 2 aromatic carbocycles. The average Bonchev–Trinajstić information content (AvgIpc) is 2.90. The van der Waals surface area contributed by atoms with Gasteiger partial charge in [-0.2, -0.15) is 5.10 Å². The van der Waals surface area contributed by atoms with E-state index < -0.39 is 6.09 Å². The number of fused-ring (bicyclic) bond motifs is 1. The van der Waals surface area contributed by atoms with Crippen molar-refractivity contribution in [3.8, 4) is 5.75 Å². The Bertz CT molecular complexity index is 845.